The number of nitrogens with zero attached hydrogens (tertiary/aromatic N) is 2. The standard InChI is InChI=1S/C13H23N3/c1-5-16-12(10-6-7-10)11(9-15-16)8-14-13(2,3)4/h9-10,14H,5-8H2,1-4H3. The van der Waals surface area contributed by atoms with Crippen LogP contribution in [-0.2, 0) is 13.1 Å². The van der Waals surface area contributed by atoms with Crippen molar-refractivity contribution in [2.24, 2.45) is 0 Å². The molecule has 0 saturated heterocycles. The van der Waals surface area contributed by atoms with Gasteiger partial charge in [0.2, 0.25) is 0 Å². The first kappa shape index (κ1) is 11.6. The van der Waals surface area contributed by atoms with E-state index in [4.69, 9.17) is 0 Å². The molecule has 0 spiro atoms. The largest absolute Gasteiger partial charge is 0.308 e. The van der Waals surface area contributed by atoms with Gasteiger partial charge in [-0.1, -0.05) is 0 Å². The number of hydrogen-bond acceptors (Lipinski definition) is 2. The molecule has 1 aliphatic carbocycles. The van der Waals surface area contributed by atoms with Crippen molar-refractivity contribution in [1.29, 1.82) is 0 Å². The first-order valence-electron chi connectivity index (χ1n) is 6.31. The molecule has 0 aliphatic heterocycles. The minimum atomic E-state index is 0.176. The Labute approximate surface area is 98.2 Å². The van der Waals surface area contributed by atoms with Gasteiger partial charge < -0.3 is 5.32 Å². The van der Waals surface area contributed by atoms with Crippen molar-refractivity contribution in [2.75, 3.05) is 0 Å². The van der Waals surface area contributed by atoms with E-state index in [9.17, 15) is 0 Å². The Hall–Kier alpha value is -0.830. The lowest BCUT2D eigenvalue weighted by atomic mass is 10.1. The first-order chi connectivity index (χ1) is 7.51. The molecule has 90 valence electrons. The maximum Gasteiger partial charge on any atom is 0.0537 e. The van der Waals surface area contributed by atoms with Crippen LogP contribution in [0.15, 0.2) is 6.20 Å². The van der Waals surface area contributed by atoms with E-state index in [1.54, 1.807) is 0 Å². The third-order valence-corrected chi connectivity index (χ3v) is 3.03. The van der Waals surface area contributed by atoms with Crippen molar-refractivity contribution in [3.05, 3.63) is 17.5 Å². The van der Waals surface area contributed by atoms with Crippen molar-refractivity contribution in [2.45, 2.75) is 65.1 Å². The van der Waals surface area contributed by atoms with E-state index >= 15 is 0 Å². The van der Waals surface area contributed by atoms with Gasteiger partial charge in [0.1, 0.15) is 0 Å². The number of rotatable bonds is 4. The highest BCUT2D eigenvalue weighted by Crippen LogP contribution is 2.41. The Balaban J connectivity index is 2.11. The molecule has 1 aromatic rings. The lowest BCUT2D eigenvalue weighted by Crippen LogP contribution is -2.35. The summed E-state index contributed by atoms with van der Waals surface area (Å²) < 4.78 is 2.16. The summed E-state index contributed by atoms with van der Waals surface area (Å²) >= 11 is 0. The normalized spacial score (nSPS) is 16.8. The molecule has 1 aromatic heterocycles. The first-order valence-corrected chi connectivity index (χ1v) is 6.31. The molecule has 3 heteroatoms. The van der Waals surface area contributed by atoms with Gasteiger partial charge in [0, 0.05) is 35.8 Å². The maximum atomic E-state index is 4.47. The fourth-order valence-corrected chi connectivity index (χ4v) is 2.01. The Morgan fingerprint density at radius 3 is 2.62 bits per heavy atom. The molecule has 16 heavy (non-hydrogen) atoms. The van der Waals surface area contributed by atoms with E-state index in [2.05, 4.69) is 42.8 Å². The second-order valence-corrected chi connectivity index (χ2v) is 5.75. The minimum absolute atomic E-state index is 0.176. The maximum absolute atomic E-state index is 4.47. The predicted molar refractivity (Wildman–Crippen MR) is 66.5 cm³/mol. The molecule has 0 unspecified atom stereocenters. The van der Waals surface area contributed by atoms with Crippen LogP contribution in [-0.4, -0.2) is 15.3 Å². The van der Waals surface area contributed by atoms with Crippen molar-refractivity contribution in [1.82, 2.24) is 15.1 Å². The summed E-state index contributed by atoms with van der Waals surface area (Å²) in [6, 6.07) is 0. The molecule has 0 atom stereocenters. The summed E-state index contributed by atoms with van der Waals surface area (Å²) in [7, 11) is 0. The number of aromatic nitrogens is 2. The SMILES string of the molecule is CCn1ncc(CNC(C)(C)C)c1C1CC1. The van der Waals surface area contributed by atoms with Crippen LogP contribution >= 0.6 is 0 Å². The van der Waals surface area contributed by atoms with E-state index < -0.39 is 0 Å². The molecule has 1 aliphatic rings. The molecular formula is C13H23N3. The van der Waals surface area contributed by atoms with Gasteiger partial charge in [0.25, 0.3) is 0 Å². The van der Waals surface area contributed by atoms with E-state index in [1.807, 2.05) is 6.20 Å². The fourth-order valence-electron chi connectivity index (χ4n) is 2.01. The average Bonchev–Trinajstić information content (AvgIpc) is 2.94. The molecule has 0 radical (unpaired) electrons. The van der Waals surface area contributed by atoms with Crippen LogP contribution in [0.3, 0.4) is 0 Å². The second-order valence-electron chi connectivity index (χ2n) is 5.75. The van der Waals surface area contributed by atoms with Crippen LogP contribution in [0.2, 0.25) is 0 Å². The van der Waals surface area contributed by atoms with Crippen LogP contribution in [0, 0.1) is 0 Å². The van der Waals surface area contributed by atoms with Crippen molar-refractivity contribution >= 4 is 0 Å². The molecule has 1 heterocycles. The van der Waals surface area contributed by atoms with Crippen LogP contribution < -0.4 is 5.32 Å². The number of hydrogen-bond donors (Lipinski definition) is 1. The fraction of sp³-hybridized carbons (Fsp3) is 0.769. The highest BCUT2D eigenvalue weighted by Gasteiger charge is 2.29. The summed E-state index contributed by atoms with van der Waals surface area (Å²) in [5.74, 6) is 0.777. The van der Waals surface area contributed by atoms with Gasteiger partial charge in [-0.25, -0.2) is 0 Å². The quantitative estimate of drug-likeness (QED) is 0.847. The topological polar surface area (TPSA) is 29.9 Å². The Kier molecular flexibility index (Phi) is 3.06. The summed E-state index contributed by atoms with van der Waals surface area (Å²) in [4.78, 5) is 0. The second kappa shape index (κ2) is 4.21. The van der Waals surface area contributed by atoms with E-state index in [0.717, 1.165) is 19.0 Å². The highest BCUT2D eigenvalue weighted by molar-refractivity contribution is 5.25. The Morgan fingerprint density at radius 2 is 2.12 bits per heavy atom. The van der Waals surface area contributed by atoms with Gasteiger partial charge in [-0.2, -0.15) is 5.10 Å². The predicted octanol–water partition coefficient (Wildman–Crippen LogP) is 2.67. The van der Waals surface area contributed by atoms with Gasteiger partial charge in [0.05, 0.1) is 6.20 Å². The van der Waals surface area contributed by atoms with Crippen LogP contribution in [0.1, 0.15) is 57.7 Å². The van der Waals surface area contributed by atoms with Crippen molar-refractivity contribution < 1.29 is 0 Å². The third kappa shape index (κ3) is 2.64. The number of aryl methyl sites for hydroxylation is 1. The number of nitrogens with one attached hydrogen (secondary N) is 1. The molecule has 0 amide bonds. The summed E-state index contributed by atoms with van der Waals surface area (Å²) in [5.41, 5.74) is 3.04. The van der Waals surface area contributed by atoms with Crippen molar-refractivity contribution in [3.8, 4) is 0 Å². The lowest BCUT2D eigenvalue weighted by molar-refractivity contribution is 0.423. The van der Waals surface area contributed by atoms with Crippen LogP contribution in [0.4, 0.5) is 0 Å². The molecule has 1 fully saturated rings. The van der Waals surface area contributed by atoms with Crippen LogP contribution in [0.25, 0.3) is 0 Å². The molecular weight excluding hydrogens is 198 g/mol. The zero-order valence-corrected chi connectivity index (χ0v) is 10.9. The average molecular weight is 221 g/mol. The molecule has 3 nitrogen and oxygen atoms in total. The summed E-state index contributed by atoms with van der Waals surface area (Å²) in [6.45, 7) is 10.7. The minimum Gasteiger partial charge on any atom is -0.308 e. The Morgan fingerprint density at radius 1 is 1.44 bits per heavy atom. The zero-order chi connectivity index (χ0) is 11.8. The van der Waals surface area contributed by atoms with Crippen LogP contribution in [0.5, 0.6) is 0 Å². The Bertz CT molecular complexity index is 356. The molecule has 2 rings (SSSR count). The third-order valence-electron chi connectivity index (χ3n) is 3.03. The lowest BCUT2D eigenvalue weighted by Gasteiger charge is -2.20. The van der Waals surface area contributed by atoms with Gasteiger partial charge in [-0.3, -0.25) is 4.68 Å². The van der Waals surface area contributed by atoms with Gasteiger partial charge in [0.15, 0.2) is 0 Å². The highest BCUT2D eigenvalue weighted by atomic mass is 15.3. The molecule has 0 aromatic carbocycles. The van der Waals surface area contributed by atoms with Crippen molar-refractivity contribution in [3.63, 3.8) is 0 Å². The zero-order valence-electron chi connectivity index (χ0n) is 10.9. The summed E-state index contributed by atoms with van der Waals surface area (Å²) in [5, 5.41) is 8.02. The van der Waals surface area contributed by atoms with E-state index in [0.29, 0.717) is 0 Å². The van der Waals surface area contributed by atoms with Gasteiger partial charge in [-0.15, -0.1) is 0 Å². The van der Waals surface area contributed by atoms with Gasteiger partial charge in [-0.05, 0) is 40.5 Å². The smallest absolute Gasteiger partial charge is 0.0537 e. The van der Waals surface area contributed by atoms with E-state index in [1.165, 1.54) is 24.1 Å². The summed E-state index contributed by atoms with van der Waals surface area (Å²) in [6.07, 6.45) is 4.72. The van der Waals surface area contributed by atoms with Gasteiger partial charge >= 0.3 is 0 Å². The molecule has 0 bridgehead atoms. The monoisotopic (exact) mass is 221 g/mol. The molecule has 1 saturated carbocycles. The van der Waals surface area contributed by atoms with E-state index in [-0.39, 0.29) is 5.54 Å². The molecule has 1 N–H and O–H groups in total.